The van der Waals surface area contributed by atoms with E-state index in [4.69, 9.17) is 4.74 Å². The molecule has 4 nitrogen and oxygen atoms in total. The first kappa shape index (κ1) is 14.2. The number of ether oxygens (including phenoxy) is 1. The number of benzene rings is 1. The fraction of sp³-hybridized carbons (Fsp3) is 0.417. The standard InChI is InChI=1S/C12H16BrNO3/c1-17-8-11(15)7-14-12(16)10-4-2-9(6-13)3-5-10/h2-5,11,15H,6-8H2,1H3,(H,14,16). The molecule has 1 amide bonds. The Labute approximate surface area is 109 Å². The molecular weight excluding hydrogens is 286 g/mol. The number of carbonyl (C=O) groups excluding carboxylic acids is 1. The number of halogens is 1. The second kappa shape index (κ2) is 7.42. The average Bonchev–Trinajstić information content (AvgIpc) is 2.36. The van der Waals surface area contributed by atoms with Gasteiger partial charge in [0, 0.05) is 24.5 Å². The molecule has 1 aromatic carbocycles. The molecule has 0 aliphatic rings. The van der Waals surface area contributed by atoms with Crippen LogP contribution in [0.4, 0.5) is 0 Å². The predicted molar refractivity (Wildman–Crippen MR) is 69.3 cm³/mol. The number of nitrogens with one attached hydrogen (secondary N) is 1. The number of aliphatic hydroxyl groups excluding tert-OH is 1. The van der Waals surface area contributed by atoms with Crippen LogP contribution in [0.15, 0.2) is 24.3 Å². The van der Waals surface area contributed by atoms with E-state index in [1.165, 1.54) is 7.11 Å². The van der Waals surface area contributed by atoms with Crippen molar-refractivity contribution in [3.05, 3.63) is 35.4 Å². The minimum absolute atomic E-state index is 0.187. The lowest BCUT2D eigenvalue weighted by Crippen LogP contribution is -2.34. The van der Waals surface area contributed by atoms with Crippen LogP contribution in [0.2, 0.25) is 0 Å². The Morgan fingerprint density at radius 1 is 1.47 bits per heavy atom. The number of amides is 1. The van der Waals surface area contributed by atoms with Crippen molar-refractivity contribution in [2.45, 2.75) is 11.4 Å². The number of aliphatic hydroxyl groups is 1. The zero-order chi connectivity index (χ0) is 12.7. The molecule has 0 saturated carbocycles. The van der Waals surface area contributed by atoms with Gasteiger partial charge in [-0.25, -0.2) is 0 Å². The van der Waals surface area contributed by atoms with Crippen LogP contribution < -0.4 is 5.32 Å². The van der Waals surface area contributed by atoms with Gasteiger partial charge in [-0.05, 0) is 17.7 Å². The first-order valence-corrected chi connectivity index (χ1v) is 6.39. The summed E-state index contributed by atoms with van der Waals surface area (Å²) in [5, 5.41) is 12.8. The zero-order valence-electron chi connectivity index (χ0n) is 9.65. The average molecular weight is 302 g/mol. The van der Waals surface area contributed by atoms with Crippen LogP contribution in [0.1, 0.15) is 15.9 Å². The van der Waals surface area contributed by atoms with Gasteiger partial charge in [0.15, 0.2) is 0 Å². The van der Waals surface area contributed by atoms with Gasteiger partial charge >= 0.3 is 0 Å². The summed E-state index contributed by atoms with van der Waals surface area (Å²) in [6, 6.07) is 7.29. The molecule has 0 heterocycles. The Kier molecular flexibility index (Phi) is 6.18. The SMILES string of the molecule is COCC(O)CNC(=O)c1ccc(CBr)cc1. The molecular formula is C12H16BrNO3. The molecule has 17 heavy (non-hydrogen) atoms. The van der Waals surface area contributed by atoms with Gasteiger partial charge in [-0.3, -0.25) is 4.79 Å². The first-order chi connectivity index (χ1) is 8.17. The summed E-state index contributed by atoms with van der Waals surface area (Å²) in [7, 11) is 1.50. The molecule has 0 aliphatic carbocycles. The lowest BCUT2D eigenvalue weighted by atomic mass is 10.1. The van der Waals surface area contributed by atoms with E-state index >= 15 is 0 Å². The second-order valence-electron chi connectivity index (χ2n) is 3.65. The van der Waals surface area contributed by atoms with Crippen molar-refractivity contribution in [3.8, 4) is 0 Å². The lowest BCUT2D eigenvalue weighted by Gasteiger charge is -2.10. The molecule has 0 aromatic heterocycles. The molecule has 1 aromatic rings. The van der Waals surface area contributed by atoms with E-state index in [2.05, 4.69) is 21.2 Å². The smallest absolute Gasteiger partial charge is 0.251 e. The fourth-order valence-electron chi connectivity index (χ4n) is 1.31. The van der Waals surface area contributed by atoms with Gasteiger partial charge in [0.2, 0.25) is 0 Å². The minimum Gasteiger partial charge on any atom is -0.389 e. The largest absolute Gasteiger partial charge is 0.389 e. The normalized spacial score (nSPS) is 12.2. The summed E-state index contributed by atoms with van der Waals surface area (Å²) in [4.78, 5) is 11.7. The first-order valence-electron chi connectivity index (χ1n) is 5.27. The summed E-state index contributed by atoms with van der Waals surface area (Å²) in [6.45, 7) is 0.398. The van der Waals surface area contributed by atoms with Crippen molar-refractivity contribution < 1.29 is 14.6 Å². The summed E-state index contributed by atoms with van der Waals surface area (Å²) in [5.74, 6) is -0.193. The Bertz CT molecular complexity index is 353. The molecule has 2 N–H and O–H groups in total. The van der Waals surface area contributed by atoms with Crippen molar-refractivity contribution >= 4 is 21.8 Å². The second-order valence-corrected chi connectivity index (χ2v) is 4.21. The number of rotatable bonds is 6. The van der Waals surface area contributed by atoms with Crippen molar-refractivity contribution in [3.63, 3.8) is 0 Å². The zero-order valence-corrected chi connectivity index (χ0v) is 11.2. The molecule has 0 bridgehead atoms. The number of hydrogen-bond donors (Lipinski definition) is 2. The molecule has 0 saturated heterocycles. The van der Waals surface area contributed by atoms with E-state index < -0.39 is 6.10 Å². The van der Waals surface area contributed by atoms with E-state index in [0.29, 0.717) is 5.56 Å². The Balaban J connectivity index is 2.46. The predicted octanol–water partition coefficient (Wildman–Crippen LogP) is 1.32. The number of methoxy groups -OCH3 is 1. The molecule has 0 spiro atoms. The van der Waals surface area contributed by atoms with E-state index in [9.17, 15) is 9.90 Å². The van der Waals surface area contributed by atoms with Crippen LogP contribution in [0, 0.1) is 0 Å². The van der Waals surface area contributed by atoms with Gasteiger partial charge in [0.05, 0.1) is 12.7 Å². The van der Waals surface area contributed by atoms with Crippen molar-refractivity contribution in [1.82, 2.24) is 5.32 Å². The Hall–Kier alpha value is -0.910. The molecule has 0 fully saturated rings. The number of alkyl halides is 1. The highest BCUT2D eigenvalue weighted by Gasteiger charge is 2.08. The molecule has 0 aliphatic heterocycles. The summed E-state index contributed by atoms with van der Waals surface area (Å²) >= 11 is 3.34. The summed E-state index contributed by atoms with van der Waals surface area (Å²) < 4.78 is 4.77. The van der Waals surface area contributed by atoms with Gasteiger partial charge in [-0.15, -0.1) is 0 Å². The molecule has 94 valence electrons. The van der Waals surface area contributed by atoms with E-state index in [0.717, 1.165) is 10.9 Å². The van der Waals surface area contributed by atoms with E-state index in [-0.39, 0.29) is 19.1 Å². The lowest BCUT2D eigenvalue weighted by molar-refractivity contribution is 0.0610. The van der Waals surface area contributed by atoms with Gasteiger partial charge in [0.25, 0.3) is 5.91 Å². The van der Waals surface area contributed by atoms with Gasteiger partial charge in [-0.1, -0.05) is 28.1 Å². The number of hydrogen-bond acceptors (Lipinski definition) is 3. The summed E-state index contributed by atoms with van der Waals surface area (Å²) in [6.07, 6.45) is -0.675. The highest BCUT2D eigenvalue weighted by Crippen LogP contribution is 2.07. The van der Waals surface area contributed by atoms with Gasteiger partial charge in [0.1, 0.15) is 0 Å². The van der Waals surface area contributed by atoms with Crippen LogP contribution >= 0.6 is 15.9 Å². The maximum absolute atomic E-state index is 11.7. The van der Waals surface area contributed by atoms with Crippen molar-refractivity contribution in [1.29, 1.82) is 0 Å². The minimum atomic E-state index is -0.675. The molecule has 1 rings (SSSR count). The van der Waals surface area contributed by atoms with Crippen molar-refractivity contribution in [2.75, 3.05) is 20.3 Å². The quantitative estimate of drug-likeness (QED) is 0.779. The third kappa shape index (κ3) is 4.85. The van der Waals surface area contributed by atoms with Crippen LogP contribution in [-0.2, 0) is 10.1 Å². The molecule has 1 atom stereocenters. The fourth-order valence-corrected chi connectivity index (χ4v) is 1.68. The maximum Gasteiger partial charge on any atom is 0.251 e. The molecule has 0 radical (unpaired) electrons. The summed E-state index contributed by atoms with van der Waals surface area (Å²) in [5.41, 5.74) is 1.69. The monoisotopic (exact) mass is 301 g/mol. The molecule has 1 unspecified atom stereocenters. The Morgan fingerprint density at radius 2 is 2.12 bits per heavy atom. The maximum atomic E-state index is 11.7. The molecule has 5 heteroatoms. The van der Waals surface area contributed by atoms with Crippen LogP contribution in [0.3, 0.4) is 0 Å². The van der Waals surface area contributed by atoms with Gasteiger partial charge < -0.3 is 15.2 Å². The topological polar surface area (TPSA) is 58.6 Å². The van der Waals surface area contributed by atoms with Gasteiger partial charge in [-0.2, -0.15) is 0 Å². The Morgan fingerprint density at radius 3 is 2.65 bits per heavy atom. The highest BCUT2D eigenvalue weighted by atomic mass is 79.9. The third-order valence-electron chi connectivity index (χ3n) is 2.23. The number of carbonyl (C=O) groups is 1. The van der Waals surface area contributed by atoms with Crippen LogP contribution in [0.25, 0.3) is 0 Å². The van der Waals surface area contributed by atoms with Crippen LogP contribution in [-0.4, -0.2) is 37.4 Å². The highest BCUT2D eigenvalue weighted by molar-refractivity contribution is 9.08. The third-order valence-corrected chi connectivity index (χ3v) is 2.88. The van der Waals surface area contributed by atoms with Crippen molar-refractivity contribution in [2.24, 2.45) is 0 Å². The van der Waals surface area contributed by atoms with E-state index in [1.807, 2.05) is 12.1 Å². The van der Waals surface area contributed by atoms with E-state index in [1.54, 1.807) is 12.1 Å². The van der Waals surface area contributed by atoms with Crippen LogP contribution in [0.5, 0.6) is 0 Å².